The molecular weight excluding hydrogens is 513 g/mol. The molecule has 1 unspecified atom stereocenters. The lowest BCUT2D eigenvalue weighted by molar-refractivity contribution is -0.138. The largest absolute Gasteiger partial charge is 0.444 e. The molecule has 12 heteroatoms. The summed E-state index contributed by atoms with van der Waals surface area (Å²) in [5.41, 5.74) is 0.117. The van der Waals surface area contributed by atoms with Crippen molar-refractivity contribution in [2.45, 2.75) is 59.4 Å². The van der Waals surface area contributed by atoms with Crippen LogP contribution in [0.4, 0.5) is 29.5 Å². The highest BCUT2D eigenvalue weighted by Crippen LogP contribution is 2.36. The van der Waals surface area contributed by atoms with Crippen molar-refractivity contribution in [2.75, 3.05) is 29.9 Å². The predicted octanol–water partition coefficient (Wildman–Crippen LogP) is 5.42. The number of hydrogen-bond acceptors (Lipinski definition) is 7. The van der Waals surface area contributed by atoms with Crippen LogP contribution in [0.2, 0.25) is 0 Å². The molecular formula is C27H31F3N6O3. The van der Waals surface area contributed by atoms with Crippen LogP contribution in [0.3, 0.4) is 0 Å². The summed E-state index contributed by atoms with van der Waals surface area (Å²) in [6.45, 7) is 10.5. The number of amides is 2. The monoisotopic (exact) mass is 544 g/mol. The molecule has 0 saturated carbocycles. The number of pyridine rings is 1. The Morgan fingerprint density at radius 3 is 2.49 bits per heavy atom. The average Bonchev–Trinajstić information content (AvgIpc) is 2.82. The summed E-state index contributed by atoms with van der Waals surface area (Å²) in [6, 6.07) is 5.29. The van der Waals surface area contributed by atoms with Gasteiger partial charge in [-0.05, 0) is 64.8 Å². The first-order valence-electron chi connectivity index (χ1n) is 12.5. The van der Waals surface area contributed by atoms with Gasteiger partial charge in [0.05, 0.1) is 28.9 Å². The highest BCUT2D eigenvalue weighted by molar-refractivity contribution is 5.99. The van der Waals surface area contributed by atoms with E-state index in [1.165, 1.54) is 29.0 Å². The zero-order chi connectivity index (χ0) is 28.7. The molecule has 2 amide bonds. The van der Waals surface area contributed by atoms with E-state index in [1.54, 1.807) is 46.8 Å². The van der Waals surface area contributed by atoms with Crippen molar-refractivity contribution in [1.29, 1.82) is 0 Å². The number of aromatic nitrogens is 3. The Bertz CT molecular complexity index is 1420. The lowest BCUT2D eigenvalue weighted by atomic mass is 9.97. The first-order valence-corrected chi connectivity index (χ1v) is 12.5. The van der Waals surface area contributed by atoms with Gasteiger partial charge in [-0.2, -0.15) is 13.2 Å². The van der Waals surface area contributed by atoms with Gasteiger partial charge in [0, 0.05) is 13.1 Å². The molecule has 1 fully saturated rings. The number of hydrogen-bond donors (Lipinski definition) is 1. The van der Waals surface area contributed by atoms with Gasteiger partial charge >= 0.3 is 12.3 Å². The fraction of sp³-hybridized carbons (Fsp3) is 0.444. The zero-order valence-corrected chi connectivity index (χ0v) is 22.7. The van der Waals surface area contributed by atoms with Crippen molar-refractivity contribution in [3.8, 4) is 0 Å². The summed E-state index contributed by atoms with van der Waals surface area (Å²) in [5.74, 6) is 0.514. The third-order valence-corrected chi connectivity index (χ3v) is 6.33. The number of aryl methyl sites for hydroxylation is 1. The van der Waals surface area contributed by atoms with Crippen LogP contribution in [0.5, 0.6) is 0 Å². The number of anilines is 2. The van der Waals surface area contributed by atoms with E-state index in [9.17, 15) is 22.8 Å². The molecule has 0 aliphatic carbocycles. The lowest BCUT2D eigenvalue weighted by Crippen LogP contribution is -2.53. The van der Waals surface area contributed by atoms with Crippen LogP contribution in [-0.2, 0) is 15.7 Å². The second kappa shape index (κ2) is 10.3. The van der Waals surface area contributed by atoms with E-state index in [2.05, 4.69) is 20.3 Å². The number of carbonyl (C=O) groups is 2. The van der Waals surface area contributed by atoms with Crippen molar-refractivity contribution in [1.82, 2.24) is 19.9 Å². The fourth-order valence-corrected chi connectivity index (χ4v) is 4.51. The second-order valence-corrected chi connectivity index (χ2v) is 10.5. The SMILES string of the molecule is Cc1nc(NC(C)c2cccc(C(F)(F)F)c2C)c2cc(N3CCN(C(=O)OC(C)(C)C)CC3=O)cnc2n1. The van der Waals surface area contributed by atoms with E-state index in [4.69, 9.17) is 4.74 Å². The first-order chi connectivity index (χ1) is 18.1. The third-order valence-electron chi connectivity index (χ3n) is 6.33. The van der Waals surface area contributed by atoms with Crippen molar-refractivity contribution in [3.63, 3.8) is 0 Å². The van der Waals surface area contributed by atoms with Crippen LogP contribution in [0.15, 0.2) is 30.5 Å². The minimum absolute atomic E-state index is 0.132. The average molecular weight is 545 g/mol. The van der Waals surface area contributed by atoms with Gasteiger partial charge in [-0.3, -0.25) is 9.69 Å². The Morgan fingerprint density at radius 2 is 1.85 bits per heavy atom. The number of nitrogens with zero attached hydrogens (tertiary/aromatic N) is 5. The first kappa shape index (κ1) is 28.1. The van der Waals surface area contributed by atoms with Gasteiger partial charge in [-0.1, -0.05) is 12.1 Å². The standard InChI is InChI=1S/C27H31F3N6O3/c1-15-19(8-7-9-21(15)27(28,29)30)16(2)32-24-20-12-18(13-31-23(20)33-17(3)34-24)36-11-10-35(14-22(36)37)25(38)39-26(4,5)6/h7-9,12-13,16H,10-11,14H2,1-6H3,(H,31,32,33,34). The number of fused-ring (bicyclic) bond motifs is 1. The summed E-state index contributed by atoms with van der Waals surface area (Å²) in [7, 11) is 0. The molecule has 1 N–H and O–H groups in total. The molecule has 4 rings (SSSR count). The van der Waals surface area contributed by atoms with Crippen LogP contribution in [0.1, 0.15) is 56.3 Å². The van der Waals surface area contributed by atoms with Crippen LogP contribution >= 0.6 is 0 Å². The smallest absolute Gasteiger partial charge is 0.416 e. The number of halogens is 3. The van der Waals surface area contributed by atoms with Gasteiger partial charge in [0.25, 0.3) is 0 Å². The lowest BCUT2D eigenvalue weighted by Gasteiger charge is -2.35. The minimum Gasteiger partial charge on any atom is -0.444 e. The number of rotatable bonds is 4. The summed E-state index contributed by atoms with van der Waals surface area (Å²) in [4.78, 5) is 41.5. The Labute approximate surface area is 224 Å². The summed E-state index contributed by atoms with van der Waals surface area (Å²) in [5, 5.41) is 3.73. The fourth-order valence-electron chi connectivity index (χ4n) is 4.51. The Morgan fingerprint density at radius 1 is 1.13 bits per heavy atom. The van der Waals surface area contributed by atoms with Crippen LogP contribution in [0.25, 0.3) is 11.0 Å². The van der Waals surface area contributed by atoms with Gasteiger partial charge in [-0.15, -0.1) is 0 Å². The maximum Gasteiger partial charge on any atom is 0.416 e. The number of ether oxygens (including phenoxy) is 1. The van der Waals surface area contributed by atoms with E-state index in [0.29, 0.717) is 33.9 Å². The van der Waals surface area contributed by atoms with E-state index in [-0.39, 0.29) is 31.1 Å². The molecule has 1 aliphatic rings. The van der Waals surface area contributed by atoms with Gasteiger partial charge in [0.1, 0.15) is 23.8 Å². The van der Waals surface area contributed by atoms with Crippen LogP contribution < -0.4 is 10.2 Å². The van der Waals surface area contributed by atoms with E-state index in [0.717, 1.165) is 6.07 Å². The quantitative estimate of drug-likeness (QED) is 0.468. The third kappa shape index (κ3) is 6.21. The number of nitrogens with one attached hydrogen (secondary N) is 1. The second-order valence-electron chi connectivity index (χ2n) is 10.5. The van der Waals surface area contributed by atoms with Crippen LogP contribution in [-0.4, -0.2) is 57.1 Å². The van der Waals surface area contributed by atoms with E-state index >= 15 is 0 Å². The predicted molar refractivity (Wildman–Crippen MR) is 140 cm³/mol. The highest BCUT2D eigenvalue weighted by atomic mass is 19.4. The summed E-state index contributed by atoms with van der Waals surface area (Å²) < 4.78 is 45.8. The van der Waals surface area contributed by atoms with Gasteiger partial charge < -0.3 is 15.0 Å². The molecule has 1 atom stereocenters. The molecule has 1 saturated heterocycles. The van der Waals surface area contributed by atoms with E-state index in [1.807, 2.05) is 0 Å². The highest BCUT2D eigenvalue weighted by Gasteiger charge is 2.34. The minimum atomic E-state index is -4.46. The van der Waals surface area contributed by atoms with Crippen molar-refractivity contribution >= 4 is 34.5 Å². The van der Waals surface area contributed by atoms with Crippen molar-refractivity contribution < 1.29 is 27.5 Å². The normalized spacial score (nSPS) is 15.5. The summed E-state index contributed by atoms with van der Waals surface area (Å²) in [6.07, 6.45) is -3.49. The molecule has 1 aromatic carbocycles. The molecule has 0 spiro atoms. The number of benzene rings is 1. The van der Waals surface area contributed by atoms with Gasteiger partial charge in [-0.25, -0.2) is 19.7 Å². The topological polar surface area (TPSA) is 101 Å². The van der Waals surface area contributed by atoms with Gasteiger partial charge in [0.15, 0.2) is 5.65 Å². The van der Waals surface area contributed by atoms with Crippen molar-refractivity contribution in [2.24, 2.45) is 0 Å². The maximum atomic E-state index is 13.5. The number of alkyl halides is 3. The molecule has 3 heterocycles. The molecule has 0 radical (unpaired) electrons. The Balaban J connectivity index is 1.61. The molecule has 1 aliphatic heterocycles. The molecule has 9 nitrogen and oxygen atoms in total. The molecule has 2 aromatic heterocycles. The molecule has 39 heavy (non-hydrogen) atoms. The molecule has 3 aromatic rings. The molecule has 0 bridgehead atoms. The summed E-state index contributed by atoms with van der Waals surface area (Å²) >= 11 is 0. The van der Waals surface area contributed by atoms with Crippen molar-refractivity contribution in [3.05, 3.63) is 53.0 Å². The van der Waals surface area contributed by atoms with Crippen LogP contribution in [0, 0.1) is 13.8 Å². The maximum absolute atomic E-state index is 13.5. The Kier molecular flexibility index (Phi) is 7.42. The molecule has 208 valence electrons. The number of piperazine rings is 1. The van der Waals surface area contributed by atoms with Gasteiger partial charge in [0.2, 0.25) is 5.91 Å². The van der Waals surface area contributed by atoms with E-state index < -0.39 is 29.5 Å². The number of carbonyl (C=O) groups excluding carboxylic acids is 2. The zero-order valence-electron chi connectivity index (χ0n) is 22.7. The Hall–Kier alpha value is -3.96.